The summed E-state index contributed by atoms with van der Waals surface area (Å²) in [5, 5.41) is 9.53. The summed E-state index contributed by atoms with van der Waals surface area (Å²) in [6.45, 7) is 1.72. The molecule has 1 atom stereocenters. The van der Waals surface area contributed by atoms with Gasteiger partial charge in [-0.05, 0) is 24.6 Å². The van der Waals surface area contributed by atoms with E-state index in [9.17, 15) is 18.0 Å². The Kier molecular flexibility index (Phi) is 2.86. The minimum Gasteiger partial charge on any atom is -0.481 e. The highest BCUT2D eigenvalue weighted by Gasteiger charge is 2.41. The van der Waals surface area contributed by atoms with Crippen molar-refractivity contribution in [3.8, 4) is 0 Å². The van der Waals surface area contributed by atoms with Crippen LogP contribution in [0.15, 0.2) is 23.1 Å². The Balaban J connectivity index is 2.58. The van der Waals surface area contributed by atoms with Crippen LogP contribution in [0.2, 0.25) is 0 Å². The van der Waals surface area contributed by atoms with Crippen LogP contribution in [0.25, 0.3) is 0 Å². The van der Waals surface area contributed by atoms with Gasteiger partial charge in [0.15, 0.2) is 15.1 Å². The number of carbonyl (C=O) groups excluding carboxylic acids is 1. The highest BCUT2D eigenvalue weighted by atomic mass is 32.2. The van der Waals surface area contributed by atoms with Crippen molar-refractivity contribution in [2.75, 3.05) is 5.32 Å². The van der Waals surface area contributed by atoms with Gasteiger partial charge in [0.05, 0.1) is 17.0 Å². The molecule has 0 aliphatic carbocycles. The minimum atomic E-state index is -3.94. The number of carbonyl (C=O) groups is 2. The second-order valence-electron chi connectivity index (χ2n) is 4.12. The Morgan fingerprint density at radius 3 is 2.72 bits per heavy atom. The van der Waals surface area contributed by atoms with Gasteiger partial charge in [-0.25, -0.2) is 8.42 Å². The number of aliphatic carboxylic acids is 1. The van der Waals surface area contributed by atoms with E-state index in [0.29, 0.717) is 0 Å². The largest absolute Gasteiger partial charge is 0.481 e. The molecule has 0 fully saturated rings. The third-order valence-corrected chi connectivity index (χ3v) is 4.81. The van der Waals surface area contributed by atoms with Gasteiger partial charge in [-0.15, -0.1) is 0 Å². The molecule has 0 spiro atoms. The van der Waals surface area contributed by atoms with Gasteiger partial charge < -0.3 is 10.4 Å². The number of nitrogens with one attached hydrogen (secondary N) is 1. The third kappa shape index (κ3) is 1.97. The summed E-state index contributed by atoms with van der Waals surface area (Å²) < 4.78 is 24.4. The molecule has 18 heavy (non-hydrogen) atoms. The minimum absolute atomic E-state index is 0.0200. The standard InChI is InChI=1S/C11H11NO5S/c1-6-2-3-7-8(4-6)18(16,17)9(5-10(13)14)11(15)12-7/h2-4,9H,5H2,1H3,(H,12,15)(H,13,14). The SMILES string of the molecule is Cc1ccc2c(c1)S(=O)(=O)C(CC(=O)O)C(=O)N2. The molecule has 0 saturated heterocycles. The molecule has 2 N–H and O–H groups in total. The molecule has 2 rings (SSSR count). The van der Waals surface area contributed by atoms with E-state index in [1.807, 2.05) is 0 Å². The first kappa shape index (κ1) is 12.6. The van der Waals surface area contributed by atoms with E-state index in [-0.39, 0.29) is 10.6 Å². The van der Waals surface area contributed by atoms with Crippen LogP contribution in [0.1, 0.15) is 12.0 Å². The number of aryl methyl sites for hydroxylation is 1. The van der Waals surface area contributed by atoms with Crippen molar-refractivity contribution >= 4 is 27.4 Å². The fourth-order valence-corrected chi connectivity index (χ4v) is 3.62. The number of hydrogen-bond acceptors (Lipinski definition) is 4. The lowest BCUT2D eigenvalue weighted by Crippen LogP contribution is -2.41. The zero-order valence-electron chi connectivity index (χ0n) is 9.50. The average molecular weight is 269 g/mol. The lowest BCUT2D eigenvalue weighted by Gasteiger charge is -2.24. The Morgan fingerprint density at radius 2 is 2.11 bits per heavy atom. The fourth-order valence-electron chi connectivity index (χ4n) is 1.84. The molecular weight excluding hydrogens is 258 g/mol. The number of hydrogen-bond donors (Lipinski definition) is 2. The Morgan fingerprint density at radius 1 is 1.44 bits per heavy atom. The topological polar surface area (TPSA) is 101 Å². The molecule has 1 amide bonds. The van der Waals surface area contributed by atoms with Crippen LogP contribution in [-0.4, -0.2) is 30.7 Å². The summed E-state index contributed by atoms with van der Waals surface area (Å²) >= 11 is 0. The quantitative estimate of drug-likeness (QED) is 0.817. The second kappa shape index (κ2) is 4.09. The number of fused-ring (bicyclic) bond motifs is 1. The molecule has 0 bridgehead atoms. The van der Waals surface area contributed by atoms with E-state index in [1.54, 1.807) is 13.0 Å². The van der Waals surface area contributed by atoms with Crippen LogP contribution < -0.4 is 5.32 Å². The van der Waals surface area contributed by atoms with Gasteiger partial charge in [0, 0.05) is 0 Å². The van der Waals surface area contributed by atoms with Crippen LogP contribution in [0.4, 0.5) is 5.69 Å². The van der Waals surface area contributed by atoms with Crippen LogP contribution >= 0.6 is 0 Å². The predicted molar refractivity (Wildman–Crippen MR) is 63.0 cm³/mol. The molecule has 1 heterocycles. The number of sulfone groups is 1. The molecule has 7 heteroatoms. The first-order chi connectivity index (χ1) is 8.32. The second-order valence-corrected chi connectivity index (χ2v) is 6.22. The van der Waals surface area contributed by atoms with Crippen molar-refractivity contribution in [1.29, 1.82) is 0 Å². The Bertz CT molecular complexity index is 635. The van der Waals surface area contributed by atoms with Gasteiger partial charge in [0.2, 0.25) is 5.91 Å². The van der Waals surface area contributed by atoms with Gasteiger partial charge in [0.1, 0.15) is 0 Å². The summed E-state index contributed by atoms with van der Waals surface area (Å²) in [4.78, 5) is 22.3. The summed E-state index contributed by atoms with van der Waals surface area (Å²) in [6.07, 6.45) is -0.735. The predicted octanol–water partition coefficient (Wildman–Crippen LogP) is 0.564. The molecule has 1 aliphatic heterocycles. The highest BCUT2D eigenvalue weighted by molar-refractivity contribution is 7.93. The van der Waals surface area contributed by atoms with Crippen LogP contribution in [0.5, 0.6) is 0 Å². The molecule has 6 nitrogen and oxygen atoms in total. The van der Waals surface area contributed by atoms with Crippen molar-refractivity contribution in [2.24, 2.45) is 0 Å². The number of rotatable bonds is 2. The Labute approximate surface area is 104 Å². The van der Waals surface area contributed by atoms with Crippen LogP contribution in [0.3, 0.4) is 0 Å². The van der Waals surface area contributed by atoms with Crippen LogP contribution in [0, 0.1) is 6.92 Å². The molecule has 96 valence electrons. The van der Waals surface area contributed by atoms with E-state index in [1.165, 1.54) is 12.1 Å². The molecule has 1 unspecified atom stereocenters. The van der Waals surface area contributed by atoms with E-state index in [4.69, 9.17) is 5.11 Å². The molecule has 1 aromatic rings. The Hall–Kier alpha value is -1.89. The number of benzene rings is 1. The zero-order chi connectivity index (χ0) is 13.5. The summed E-state index contributed by atoms with van der Waals surface area (Å²) in [7, 11) is -3.94. The third-order valence-electron chi connectivity index (χ3n) is 2.73. The zero-order valence-corrected chi connectivity index (χ0v) is 10.3. The van der Waals surface area contributed by atoms with Gasteiger partial charge in [-0.1, -0.05) is 6.07 Å². The molecular formula is C11H11NO5S. The maximum Gasteiger partial charge on any atom is 0.305 e. The lowest BCUT2D eigenvalue weighted by atomic mass is 10.2. The monoisotopic (exact) mass is 269 g/mol. The van der Waals surface area contributed by atoms with Crippen molar-refractivity contribution in [3.63, 3.8) is 0 Å². The summed E-state index contributed by atoms with van der Waals surface area (Å²) in [6, 6.07) is 4.60. The lowest BCUT2D eigenvalue weighted by molar-refractivity contribution is -0.138. The van der Waals surface area contributed by atoms with Gasteiger partial charge >= 0.3 is 5.97 Å². The van der Waals surface area contributed by atoms with Gasteiger partial charge in [-0.2, -0.15) is 0 Å². The van der Waals surface area contributed by atoms with E-state index in [2.05, 4.69) is 5.32 Å². The molecule has 0 radical (unpaired) electrons. The summed E-state index contributed by atoms with van der Waals surface area (Å²) in [5.41, 5.74) is 0.926. The first-order valence-electron chi connectivity index (χ1n) is 5.19. The van der Waals surface area contributed by atoms with Crippen molar-refractivity contribution < 1.29 is 23.1 Å². The summed E-state index contributed by atoms with van der Waals surface area (Å²) in [5.74, 6) is -2.12. The maximum absolute atomic E-state index is 12.2. The van der Waals surface area contributed by atoms with E-state index >= 15 is 0 Å². The molecule has 1 aliphatic rings. The van der Waals surface area contributed by atoms with Crippen molar-refractivity contribution in [3.05, 3.63) is 23.8 Å². The first-order valence-corrected chi connectivity index (χ1v) is 6.74. The van der Waals surface area contributed by atoms with Gasteiger partial charge in [0.25, 0.3) is 0 Å². The highest BCUT2D eigenvalue weighted by Crippen LogP contribution is 2.32. The number of amides is 1. The average Bonchev–Trinajstić information content (AvgIpc) is 2.26. The number of carboxylic acids is 1. The van der Waals surface area contributed by atoms with E-state index in [0.717, 1.165) is 5.56 Å². The van der Waals surface area contributed by atoms with Crippen LogP contribution in [-0.2, 0) is 19.4 Å². The number of anilines is 1. The van der Waals surface area contributed by atoms with Crippen molar-refractivity contribution in [1.82, 2.24) is 0 Å². The smallest absolute Gasteiger partial charge is 0.305 e. The maximum atomic E-state index is 12.2. The molecule has 1 aromatic carbocycles. The molecule has 0 saturated carbocycles. The fraction of sp³-hybridized carbons (Fsp3) is 0.273. The van der Waals surface area contributed by atoms with Gasteiger partial charge in [-0.3, -0.25) is 9.59 Å². The number of carboxylic acid groups (broad SMARTS) is 1. The molecule has 0 aromatic heterocycles. The van der Waals surface area contributed by atoms with Crippen molar-refractivity contribution in [2.45, 2.75) is 23.5 Å². The normalized spacial score (nSPS) is 20.9. The van der Waals surface area contributed by atoms with E-state index < -0.39 is 33.4 Å².